The van der Waals surface area contributed by atoms with Gasteiger partial charge in [0.25, 0.3) is 0 Å². The number of aromatic hydroxyl groups is 2. The van der Waals surface area contributed by atoms with Crippen LogP contribution in [0.1, 0.15) is 15.9 Å². The van der Waals surface area contributed by atoms with E-state index in [1.54, 1.807) is 19.1 Å². The zero-order chi connectivity index (χ0) is 12.6. The molecule has 0 atom stereocenters. The van der Waals surface area contributed by atoms with Gasteiger partial charge in [0.1, 0.15) is 5.75 Å². The molecule has 0 bridgehead atoms. The second-order valence-corrected chi connectivity index (χ2v) is 3.79. The Hall–Kier alpha value is -2.23. The van der Waals surface area contributed by atoms with Crippen LogP contribution in [-0.4, -0.2) is 23.6 Å². The minimum Gasteiger partial charge on any atom is -0.507 e. The van der Waals surface area contributed by atoms with Gasteiger partial charge < -0.3 is 14.9 Å². The molecule has 0 heterocycles. The van der Waals surface area contributed by atoms with Gasteiger partial charge in [-0.3, -0.25) is 4.79 Å². The van der Waals surface area contributed by atoms with Gasteiger partial charge >= 0.3 is 0 Å². The third-order valence-corrected chi connectivity index (χ3v) is 2.76. The first-order valence-electron chi connectivity index (χ1n) is 5.07. The van der Waals surface area contributed by atoms with Crippen molar-refractivity contribution >= 4 is 17.1 Å². The molecule has 0 radical (unpaired) electrons. The van der Waals surface area contributed by atoms with Crippen LogP contribution in [0.2, 0.25) is 0 Å². The van der Waals surface area contributed by atoms with Crippen LogP contribution >= 0.6 is 0 Å². The van der Waals surface area contributed by atoms with Crippen molar-refractivity contribution in [1.82, 2.24) is 0 Å². The summed E-state index contributed by atoms with van der Waals surface area (Å²) >= 11 is 0. The van der Waals surface area contributed by atoms with Crippen LogP contribution in [0.3, 0.4) is 0 Å². The van der Waals surface area contributed by atoms with Crippen molar-refractivity contribution in [3.05, 3.63) is 29.3 Å². The second kappa shape index (κ2) is 3.97. The molecule has 2 aromatic carbocycles. The number of methoxy groups -OCH3 is 1. The fourth-order valence-electron chi connectivity index (χ4n) is 1.99. The summed E-state index contributed by atoms with van der Waals surface area (Å²) in [5, 5.41) is 20.6. The quantitative estimate of drug-likeness (QED) is 0.780. The maximum absolute atomic E-state index is 11.0. The van der Waals surface area contributed by atoms with Gasteiger partial charge in [-0.25, -0.2) is 0 Å². The maximum atomic E-state index is 11.0. The number of aryl methyl sites for hydroxylation is 1. The van der Waals surface area contributed by atoms with Gasteiger partial charge in [-0.05, 0) is 30.0 Å². The average Bonchev–Trinajstić information content (AvgIpc) is 2.30. The highest BCUT2D eigenvalue weighted by molar-refractivity contribution is 6.05. The molecule has 0 aliphatic rings. The van der Waals surface area contributed by atoms with Crippen molar-refractivity contribution in [2.45, 2.75) is 6.92 Å². The van der Waals surface area contributed by atoms with Crippen molar-refractivity contribution in [3.63, 3.8) is 0 Å². The largest absolute Gasteiger partial charge is 0.507 e. The zero-order valence-electron chi connectivity index (χ0n) is 9.52. The summed E-state index contributed by atoms with van der Waals surface area (Å²) in [5.41, 5.74) is 0.832. The Balaban J connectivity index is 2.99. The number of aldehydes is 1. The molecule has 2 aromatic rings. The fourth-order valence-corrected chi connectivity index (χ4v) is 1.99. The molecule has 0 saturated carbocycles. The molecule has 0 aromatic heterocycles. The van der Waals surface area contributed by atoms with Crippen molar-refractivity contribution in [2.24, 2.45) is 0 Å². The number of rotatable bonds is 2. The Bertz CT molecular complexity index is 602. The van der Waals surface area contributed by atoms with E-state index >= 15 is 0 Å². The van der Waals surface area contributed by atoms with Crippen molar-refractivity contribution in [1.29, 1.82) is 0 Å². The molecule has 17 heavy (non-hydrogen) atoms. The van der Waals surface area contributed by atoms with Gasteiger partial charge in [0, 0.05) is 5.39 Å². The summed E-state index contributed by atoms with van der Waals surface area (Å²) in [5.74, 6) is 0.0282. The van der Waals surface area contributed by atoms with Crippen molar-refractivity contribution < 1.29 is 19.7 Å². The lowest BCUT2D eigenvalue weighted by atomic mass is 10.00. The van der Waals surface area contributed by atoms with Crippen LogP contribution in [0.5, 0.6) is 17.2 Å². The minimum atomic E-state index is -0.159. The molecule has 2 rings (SSSR count). The number of phenolic OH excluding ortho intramolecular Hbond substituents is 2. The normalized spacial score (nSPS) is 10.5. The number of carbonyl (C=O) groups is 1. The molecule has 88 valence electrons. The molecule has 4 nitrogen and oxygen atoms in total. The summed E-state index contributed by atoms with van der Waals surface area (Å²) < 4.78 is 5.08. The summed E-state index contributed by atoms with van der Waals surface area (Å²) in [6.07, 6.45) is 0.520. The number of fused-ring (bicyclic) bond motifs is 1. The van der Waals surface area contributed by atoms with E-state index in [0.717, 1.165) is 5.56 Å². The number of phenols is 2. The highest BCUT2D eigenvalue weighted by Gasteiger charge is 2.16. The van der Waals surface area contributed by atoms with Crippen molar-refractivity contribution in [2.75, 3.05) is 7.11 Å². The molecular weight excluding hydrogens is 220 g/mol. The number of hydrogen-bond acceptors (Lipinski definition) is 4. The van der Waals surface area contributed by atoms with Crippen LogP contribution in [0.15, 0.2) is 18.2 Å². The Morgan fingerprint density at radius 1 is 1.29 bits per heavy atom. The number of benzene rings is 2. The van der Waals surface area contributed by atoms with Gasteiger partial charge in [0.2, 0.25) is 0 Å². The van der Waals surface area contributed by atoms with E-state index < -0.39 is 0 Å². The smallest absolute Gasteiger partial charge is 0.166 e. The standard InChI is InChI=1S/C13H12O4/c1-7-5-8-3-4-10(15)9(6-14)11(8)12(16)13(7)17-2/h3-6,15-16H,1-2H3. The Kier molecular flexibility index (Phi) is 2.63. The molecule has 0 aliphatic carbocycles. The lowest BCUT2D eigenvalue weighted by molar-refractivity contribution is 0.112. The third-order valence-electron chi connectivity index (χ3n) is 2.76. The SMILES string of the molecule is COc1c(C)cc2ccc(O)c(C=O)c2c1O. The van der Waals surface area contributed by atoms with Gasteiger partial charge in [-0.2, -0.15) is 0 Å². The second-order valence-electron chi connectivity index (χ2n) is 3.79. The minimum absolute atomic E-state index is 0.0679. The molecule has 4 heteroatoms. The molecule has 0 fully saturated rings. The molecule has 0 spiro atoms. The molecule has 0 amide bonds. The summed E-state index contributed by atoms with van der Waals surface area (Å²) in [7, 11) is 1.44. The highest BCUT2D eigenvalue weighted by Crippen LogP contribution is 2.41. The first-order chi connectivity index (χ1) is 8.10. The molecule has 0 unspecified atom stereocenters. The Labute approximate surface area is 98.1 Å². The zero-order valence-corrected chi connectivity index (χ0v) is 9.52. The van der Waals surface area contributed by atoms with E-state index in [1.807, 2.05) is 0 Å². The fraction of sp³-hybridized carbons (Fsp3) is 0.154. The summed E-state index contributed by atoms with van der Waals surface area (Å²) in [4.78, 5) is 11.0. The van der Waals surface area contributed by atoms with Crippen LogP contribution in [-0.2, 0) is 0 Å². The topological polar surface area (TPSA) is 66.8 Å². The number of ether oxygens (including phenoxy) is 1. The van der Waals surface area contributed by atoms with Gasteiger partial charge in [-0.15, -0.1) is 0 Å². The predicted octanol–water partition coefficient (Wildman–Crippen LogP) is 2.38. The first-order valence-corrected chi connectivity index (χ1v) is 5.07. The molecule has 0 saturated heterocycles. The lowest BCUT2D eigenvalue weighted by Crippen LogP contribution is -1.92. The van der Waals surface area contributed by atoms with Crippen LogP contribution in [0, 0.1) is 6.92 Å². The van der Waals surface area contributed by atoms with Gasteiger partial charge in [-0.1, -0.05) is 6.07 Å². The monoisotopic (exact) mass is 232 g/mol. The van der Waals surface area contributed by atoms with Gasteiger partial charge in [0.15, 0.2) is 17.8 Å². The maximum Gasteiger partial charge on any atom is 0.166 e. The third kappa shape index (κ3) is 1.58. The highest BCUT2D eigenvalue weighted by atomic mass is 16.5. The van der Waals surface area contributed by atoms with E-state index in [9.17, 15) is 15.0 Å². The van der Waals surface area contributed by atoms with E-state index in [2.05, 4.69) is 0 Å². The van der Waals surface area contributed by atoms with Crippen molar-refractivity contribution in [3.8, 4) is 17.2 Å². The van der Waals surface area contributed by atoms with Crippen LogP contribution < -0.4 is 4.74 Å². The Morgan fingerprint density at radius 3 is 2.59 bits per heavy atom. The predicted molar refractivity (Wildman–Crippen MR) is 64.0 cm³/mol. The van der Waals surface area contributed by atoms with E-state index in [0.29, 0.717) is 22.8 Å². The number of hydrogen-bond donors (Lipinski definition) is 2. The van der Waals surface area contributed by atoms with Crippen LogP contribution in [0.25, 0.3) is 10.8 Å². The lowest BCUT2D eigenvalue weighted by Gasteiger charge is -2.12. The number of carbonyl (C=O) groups excluding carboxylic acids is 1. The molecule has 0 aliphatic heterocycles. The van der Waals surface area contributed by atoms with E-state index in [1.165, 1.54) is 13.2 Å². The summed E-state index contributed by atoms with van der Waals surface area (Å²) in [6.45, 7) is 1.80. The molecular formula is C13H12O4. The van der Waals surface area contributed by atoms with Crippen LogP contribution in [0.4, 0.5) is 0 Å². The summed E-state index contributed by atoms with van der Waals surface area (Å²) in [6, 6.07) is 4.86. The molecule has 2 N–H and O–H groups in total. The first kappa shape index (κ1) is 11.3. The van der Waals surface area contributed by atoms with E-state index in [4.69, 9.17) is 4.74 Å². The van der Waals surface area contributed by atoms with E-state index in [-0.39, 0.29) is 17.1 Å². The average molecular weight is 232 g/mol. The van der Waals surface area contributed by atoms with Gasteiger partial charge in [0.05, 0.1) is 12.7 Å². The Morgan fingerprint density at radius 2 is 2.00 bits per heavy atom.